The molecule has 1 aromatic heterocycles. The Labute approximate surface area is 194 Å². The summed E-state index contributed by atoms with van der Waals surface area (Å²) in [6.45, 7) is 2.80. The van der Waals surface area contributed by atoms with Crippen LogP contribution in [0.1, 0.15) is 18.4 Å². The molecule has 2 aromatic rings. The molecule has 7 nitrogen and oxygen atoms in total. The summed E-state index contributed by atoms with van der Waals surface area (Å²) in [6, 6.07) is 8.11. The maximum absolute atomic E-state index is 12.8. The Hall–Kier alpha value is -2.85. The highest BCUT2D eigenvalue weighted by atomic mass is 35.5. The van der Waals surface area contributed by atoms with Gasteiger partial charge in [0.25, 0.3) is 0 Å². The first-order valence-electron chi connectivity index (χ1n) is 10.6. The van der Waals surface area contributed by atoms with E-state index in [4.69, 9.17) is 11.6 Å². The van der Waals surface area contributed by atoms with E-state index in [1.807, 2.05) is 21.9 Å². The number of piperazine rings is 1. The first-order chi connectivity index (χ1) is 15.7. The smallest absolute Gasteiger partial charge is 0.353 e. The summed E-state index contributed by atoms with van der Waals surface area (Å²) in [5.74, 6) is 0.148. The number of alkyl halides is 3. The summed E-state index contributed by atoms with van der Waals surface area (Å²) < 4.78 is 38.5. The largest absolute Gasteiger partial charge is 0.417 e. The number of halogens is 4. The molecule has 0 spiro atoms. The first-order valence-corrected chi connectivity index (χ1v) is 11.0. The summed E-state index contributed by atoms with van der Waals surface area (Å²) in [4.78, 5) is 34.1. The predicted octanol–water partition coefficient (Wildman–Crippen LogP) is 3.64. The van der Waals surface area contributed by atoms with E-state index in [9.17, 15) is 22.8 Å². The SMILES string of the molecule is O=C(CN1CCN(c2ncc(C(F)(F)F)cc2Cl)CC1)Nc1ccccc1N1CCCC1=O. The quantitative estimate of drug-likeness (QED) is 0.706. The molecule has 0 atom stereocenters. The van der Waals surface area contributed by atoms with Crippen molar-refractivity contribution in [3.63, 3.8) is 0 Å². The van der Waals surface area contributed by atoms with Gasteiger partial charge in [-0.3, -0.25) is 14.5 Å². The molecular weight excluding hydrogens is 459 g/mol. The lowest BCUT2D eigenvalue weighted by atomic mass is 10.2. The molecule has 176 valence electrons. The van der Waals surface area contributed by atoms with Crippen molar-refractivity contribution >= 4 is 40.6 Å². The second-order valence-electron chi connectivity index (χ2n) is 8.00. The van der Waals surface area contributed by atoms with Crippen LogP contribution < -0.4 is 15.1 Å². The van der Waals surface area contributed by atoms with Crippen LogP contribution in [0.3, 0.4) is 0 Å². The van der Waals surface area contributed by atoms with E-state index in [0.29, 0.717) is 56.3 Å². The molecule has 0 saturated carbocycles. The van der Waals surface area contributed by atoms with E-state index in [1.54, 1.807) is 17.0 Å². The summed E-state index contributed by atoms with van der Waals surface area (Å²) >= 11 is 6.05. The monoisotopic (exact) mass is 481 g/mol. The fourth-order valence-corrected chi connectivity index (χ4v) is 4.33. The maximum atomic E-state index is 12.8. The molecule has 2 fully saturated rings. The predicted molar refractivity (Wildman–Crippen MR) is 120 cm³/mol. The zero-order valence-electron chi connectivity index (χ0n) is 17.7. The van der Waals surface area contributed by atoms with Gasteiger partial charge in [0.15, 0.2) is 0 Å². The normalized spacial score (nSPS) is 17.5. The van der Waals surface area contributed by atoms with Gasteiger partial charge in [-0.2, -0.15) is 13.2 Å². The van der Waals surface area contributed by atoms with Gasteiger partial charge in [-0.05, 0) is 24.6 Å². The van der Waals surface area contributed by atoms with Crippen molar-refractivity contribution in [1.82, 2.24) is 9.88 Å². The number of amides is 2. The van der Waals surface area contributed by atoms with Gasteiger partial charge in [0, 0.05) is 45.3 Å². The van der Waals surface area contributed by atoms with Gasteiger partial charge in [-0.1, -0.05) is 23.7 Å². The Balaban J connectivity index is 1.33. The molecule has 1 N–H and O–H groups in total. The highest BCUT2D eigenvalue weighted by molar-refractivity contribution is 6.33. The van der Waals surface area contributed by atoms with Crippen LogP contribution >= 0.6 is 11.6 Å². The van der Waals surface area contributed by atoms with Gasteiger partial charge < -0.3 is 15.1 Å². The molecule has 0 radical (unpaired) electrons. The fourth-order valence-electron chi connectivity index (χ4n) is 4.05. The maximum Gasteiger partial charge on any atom is 0.417 e. The van der Waals surface area contributed by atoms with Gasteiger partial charge in [-0.25, -0.2) is 4.98 Å². The van der Waals surface area contributed by atoms with Crippen LogP contribution in [0.25, 0.3) is 0 Å². The molecule has 0 bridgehead atoms. The molecular formula is C22H23ClF3N5O2. The van der Waals surface area contributed by atoms with Crippen molar-refractivity contribution in [1.29, 1.82) is 0 Å². The first kappa shape index (κ1) is 23.3. The molecule has 3 heterocycles. The summed E-state index contributed by atoms with van der Waals surface area (Å²) in [5.41, 5.74) is 0.404. The van der Waals surface area contributed by atoms with Crippen molar-refractivity contribution in [2.24, 2.45) is 0 Å². The number of benzene rings is 1. The van der Waals surface area contributed by atoms with Crippen LogP contribution in [0.4, 0.5) is 30.4 Å². The molecule has 1 aromatic carbocycles. The van der Waals surface area contributed by atoms with E-state index in [-0.39, 0.29) is 23.4 Å². The zero-order valence-corrected chi connectivity index (χ0v) is 18.5. The van der Waals surface area contributed by atoms with Crippen molar-refractivity contribution in [2.45, 2.75) is 19.0 Å². The molecule has 33 heavy (non-hydrogen) atoms. The van der Waals surface area contributed by atoms with Crippen LogP contribution in [-0.2, 0) is 15.8 Å². The topological polar surface area (TPSA) is 68.8 Å². The minimum atomic E-state index is -4.50. The third kappa shape index (κ3) is 5.39. The number of aromatic nitrogens is 1. The minimum Gasteiger partial charge on any atom is -0.353 e. The van der Waals surface area contributed by atoms with E-state index in [0.717, 1.165) is 18.7 Å². The fraction of sp³-hybridized carbons (Fsp3) is 0.409. The number of nitrogens with zero attached hydrogens (tertiary/aromatic N) is 4. The summed E-state index contributed by atoms with van der Waals surface area (Å²) in [7, 11) is 0. The Kier molecular flexibility index (Phi) is 6.76. The van der Waals surface area contributed by atoms with E-state index in [2.05, 4.69) is 10.3 Å². The lowest BCUT2D eigenvalue weighted by Crippen LogP contribution is -2.49. The average Bonchev–Trinajstić information content (AvgIpc) is 3.20. The number of nitrogens with one attached hydrogen (secondary N) is 1. The van der Waals surface area contributed by atoms with Gasteiger partial charge >= 0.3 is 6.18 Å². The molecule has 2 amide bonds. The lowest BCUT2D eigenvalue weighted by Gasteiger charge is -2.35. The molecule has 4 rings (SSSR count). The minimum absolute atomic E-state index is 0.0448. The van der Waals surface area contributed by atoms with Gasteiger partial charge in [0.05, 0.1) is 28.5 Å². The Morgan fingerprint density at radius 1 is 1.12 bits per heavy atom. The third-order valence-corrected chi connectivity index (χ3v) is 6.01. The number of hydrogen-bond donors (Lipinski definition) is 1. The highest BCUT2D eigenvalue weighted by Gasteiger charge is 2.32. The molecule has 0 aliphatic carbocycles. The number of carbonyl (C=O) groups excluding carboxylic acids is 2. The van der Waals surface area contributed by atoms with Crippen LogP contribution in [0.2, 0.25) is 5.02 Å². The van der Waals surface area contributed by atoms with Crippen LogP contribution in [-0.4, -0.2) is 61.0 Å². The lowest BCUT2D eigenvalue weighted by molar-refractivity contribution is -0.137. The standard InChI is InChI=1S/C22H23ClF3N5O2/c23-16-12-15(22(24,25)26)13-27-21(16)30-10-8-29(9-11-30)14-19(32)28-17-4-1-2-5-18(17)31-7-3-6-20(31)33/h1-2,4-5,12-13H,3,6-11,14H2,(H,28,32). The highest BCUT2D eigenvalue weighted by Crippen LogP contribution is 2.34. The Morgan fingerprint density at radius 2 is 1.85 bits per heavy atom. The van der Waals surface area contributed by atoms with Crippen LogP contribution in [0, 0.1) is 0 Å². The number of hydrogen-bond acceptors (Lipinski definition) is 5. The van der Waals surface area contributed by atoms with Crippen LogP contribution in [0.5, 0.6) is 0 Å². The number of carbonyl (C=O) groups is 2. The molecule has 0 unspecified atom stereocenters. The number of pyridine rings is 1. The van der Waals surface area contributed by atoms with Crippen molar-refractivity contribution in [2.75, 3.05) is 54.4 Å². The third-order valence-electron chi connectivity index (χ3n) is 5.73. The Morgan fingerprint density at radius 3 is 2.48 bits per heavy atom. The van der Waals surface area contributed by atoms with Crippen molar-refractivity contribution in [3.8, 4) is 0 Å². The number of anilines is 3. The average molecular weight is 482 g/mol. The van der Waals surface area contributed by atoms with Gasteiger partial charge in [-0.15, -0.1) is 0 Å². The van der Waals surface area contributed by atoms with Crippen molar-refractivity contribution in [3.05, 3.63) is 47.1 Å². The van der Waals surface area contributed by atoms with E-state index in [1.165, 1.54) is 0 Å². The summed E-state index contributed by atoms with van der Waals surface area (Å²) in [6.07, 6.45) is -2.42. The second-order valence-corrected chi connectivity index (χ2v) is 8.41. The molecule has 2 aliphatic heterocycles. The zero-order chi connectivity index (χ0) is 23.6. The summed E-state index contributed by atoms with van der Waals surface area (Å²) in [5, 5.41) is 2.85. The van der Waals surface area contributed by atoms with Gasteiger partial charge in [0.2, 0.25) is 11.8 Å². The van der Waals surface area contributed by atoms with E-state index < -0.39 is 11.7 Å². The molecule has 2 saturated heterocycles. The van der Waals surface area contributed by atoms with Crippen molar-refractivity contribution < 1.29 is 22.8 Å². The number of rotatable bonds is 5. The molecule has 11 heteroatoms. The second kappa shape index (κ2) is 9.56. The van der Waals surface area contributed by atoms with Crippen LogP contribution in [0.15, 0.2) is 36.5 Å². The Bertz CT molecular complexity index is 1040. The van der Waals surface area contributed by atoms with E-state index >= 15 is 0 Å². The number of para-hydroxylation sites is 2. The molecule has 2 aliphatic rings. The van der Waals surface area contributed by atoms with Gasteiger partial charge in [0.1, 0.15) is 5.82 Å².